The highest BCUT2D eigenvalue weighted by atomic mass is 32.1. The molecule has 0 radical (unpaired) electrons. The molecule has 0 spiro atoms. The van der Waals surface area contributed by atoms with E-state index in [4.69, 9.17) is 18.0 Å². The van der Waals surface area contributed by atoms with Crippen molar-refractivity contribution in [2.75, 3.05) is 6.54 Å². The Labute approximate surface area is 90.3 Å². The van der Waals surface area contributed by atoms with Gasteiger partial charge in [-0.05, 0) is 25.2 Å². The predicted molar refractivity (Wildman–Crippen MR) is 62.0 cm³/mol. The maximum Gasteiger partial charge on any atom is 0.177 e. The maximum atomic E-state index is 5.46. The SMILES string of the molecule is CC(C)(C)c1cn(CCCN)c(=S)[nH]1. The first-order valence-corrected chi connectivity index (χ1v) is 5.36. The van der Waals surface area contributed by atoms with Crippen LogP contribution in [0, 0.1) is 4.77 Å². The molecular formula is C10H19N3S. The van der Waals surface area contributed by atoms with Gasteiger partial charge in [-0.15, -0.1) is 0 Å². The molecule has 4 heteroatoms. The summed E-state index contributed by atoms with van der Waals surface area (Å²) in [6, 6.07) is 0. The monoisotopic (exact) mass is 213 g/mol. The van der Waals surface area contributed by atoms with Crippen molar-refractivity contribution in [2.45, 2.75) is 39.2 Å². The van der Waals surface area contributed by atoms with Crippen LogP contribution < -0.4 is 5.73 Å². The number of aryl methyl sites for hydroxylation is 1. The number of nitrogens with zero attached hydrogens (tertiary/aromatic N) is 1. The lowest BCUT2D eigenvalue weighted by atomic mass is 9.93. The topological polar surface area (TPSA) is 46.7 Å². The van der Waals surface area contributed by atoms with Crippen molar-refractivity contribution in [2.24, 2.45) is 5.73 Å². The molecule has 0 saturated carbocycles. The molecule has 1 heterocycles. The number of hydrogen-bond acceptors (Lipinski definition) is 2. The molecule has 80 valence electrons. The van der Waals surface area contributed by atoms with Gasteiger partial charge in [0.05, 0.1) is 0 Å². The predicted octanol–water partition coefficient (Wildman–Crippen LogP) is 2.19. The first-order chi connectivity index (χ1) is 6.45. The van der Waals surface area contributed by atoms with Crippen LogP contribution >= 0.6 is 12.2 Å². The van der Waals surface area contributed by atoms with Crippen molar-refractivity contribution in [1.29, 1.82) is 0 Å². The van der Waals surface area contributed by atoms with Gasteiger partial charge in [0.15, 0.2) is 4.77 Å². The van der Waals surface area contributed by atoms with Crippen LogP contribution in [0.15, 0.2) is 6.20 Å². The summed E-state index contributed by atoms with van der Waals surface area (Å²) in [5.41, 5.74) is 6.77. The van der Waals surface area contributed by atoms with Crippen LogP contribution in [-0.4, -0.2) is 16.1 Å². The Morgan fingerprint density at radius 2 is 2.14 bits per heavy atom. The second-order valence-electron chi connectivity index (χ2n) is 4.56. The van der Waals surface area contributed by atoms with Crippen LogP contribution in [0.2, 0.25) is 0 Å². The van der Waals surface area contributed by atoms with Crippen LogP contribution in [-0.2, 0) is 12.0 Å². The van der Waals surface area contributed by atoms with Crippen molar-refractivity contribution >= 4 is 12.2 Å². The molecule has 0 aliphatic rings. The molecule has 14 heavy (non-hydrogen) atoms. The number of nitrogens with one attached hydrogen (secondary N) is 1. The summed E-state index contributed by atoms with van der Waals surface area (Å²) in [6.45, 7) is 8.11. The van der Waals surface area contributed by atoms with E-state index in [1.165, 1.54) is 5.69 Å². The third-order valence-electron chi connectivity index (χ3n) is 2.20. The molecular weight excluding hydrogens is 194 g/mol. The van der Waals surface area contributed by atoms with Crippen molar-refractivity contribution in [1.82, 2.24) is 9.55 Å². The van der Waals surface area contributed by atoms with E-state index < -0.39 is 0 Å². The number of imidazole rings is 1. The zero-order valence-corrected chi connectivity index (χ0v) is 9.95. The molecule has 0 saturated heterocycles. The summed E-state index contributed by atoms with van der Waals surface area (Å²) in [4.78, 5) is 3.23. The average molecular weight is 213 g/mol. The first kappa shape index (κ1) is 11.5. The van der Waals surface area contributed by atoms with Gasteiger partial charge in [0, 0.05) is 23.9 Å². The van der Waals surface area contributed by atoms with Crippen LogP contribution in [0.4, 0.5) is 0 Å². The largest absolute Gasteiger partial charge is 0.334 e. The Morgan fingerprint density at radius 1 is 1.50 bits per heavy atom. The highest BCUT2D eigenvalue weighted by Gasteiger charge is 2.16. The summed E-state index contributed by atoms with van der Waals surface area (Å²) in [5.74, 6) is 0. The number of aromatic nitrogens is 2. The molecule has 0 aliphatic heterocycles. The van der Waals surface area contributed by atoms with E-state index in [0.717, 1.165) is 17.7 Å². The molecule has 1 aromatic rings. The fourth-order valence-electron chi connectivity index (χ4n) is 1.24. The molecule has 0 bridgehead atoms. The van der Waals surface area contributed by atoms with Crippen molar-refractivity contribution in [3.8, 4) is 0 Å². The van der Waals surface area contributed by atoms with E-state index in [1.807, 2.05) is 0 Å². The Bertz CT molecular complexity index is 343. The van der Waals surface area contributed by atoms with Gasteiger partial charge in [-0.25, -0.2) is 0 Å². The number of H-pyrrole nitrogens is 1. The molecule has 0 aliphatic carbocycles. The van der Waals surface area contributed by atoms with E-state index in [0.29, 0.717) is 6.54 Å². The molecule has 0 aromatic carbocycles. The van der Waals surface area contributed by atoms with E-state index in [2.05, 4.69) is 36.5 Å². The van der Waals surface area contributed by atoms with Gasteiger partial charge in [-0.2, -0.15) is 0 Å². The molecule has 3 N–H and O–H groups in total. The standard InChI is InChI=1S/C10H19N3S/c1-10(2,3)8-7-13(6-4-5-11)9(14)12-8/h7H,4-6,11H2,1-3H3,(H,12,14). The second kappa shape index (κ2) is 4.28. The first-order valence-electron chi connectivity index (χ1n) is 4.95. The van der Waals surface area contributed by atoms with Gasteiger partial charge in [-0.1, -0.05) is 20.8 Å². The van der Waals surface area contributed by atoms with Crippen molar-refractivity contribution in [3.05, 3.63) is 16.7 Å². The van der Waals surface area contributed by atoms with E-state index in [-0.39, 0.29) is 5.41 Å². The van der Waals surface area contributed by atoms with Crippen LogP contribution in [0.25, 0.3) is 0 Å². The highest BCUT2D eigenvalue weighted by molar-refractivity contribution is 7.71. The minimum Gasteiger partial charge on any atom is -0.334 e. The van der Waals surface area contributed by atoms with Gasteiger partial charge >= 0.3 is 0 Å². The summed E-state index contributed by atoms with van der Waals surface area (Å²) in [7, 11) is 0. The van der Waals surface area contributed by atoms with Crippen molar-refractivity contribution in [3.63, 3.8) is 0 Å². The quantitative estimate of drug-likeness (QED) is 0.756. The second-order valence-corrected chi connectivity index (χ2v) is 4.95. The van der Waals surface area contributed by atoms with E-state index in [1.54, 1.807) is 0 Å². The lowest BCUT2D eigenvalue weighted by Gasteiger charge is -2.15. The Balaban J connectivity index is 2.88. The molecule has 0 fully saturated rings. The minimum absolute atomic E-state index is 0.127. The number of rotatable bonds is 3. The third-order valence-corrected chi connectivity index (χ3v) is 2.54. The summed E-state index contributed by atoms with van der Waals surface area (Å²) in [6.07, 6.45) is 3.06. The molecule has 3 nitrogen and oxygen atoms in total. The fraction of sp³-hybridized carbons (Fsp3) is 0.700. The Kier molecular flexibility index (Phi) is 3.50. The summed E-state index contributed by atoms with van der Waals surface area (Å²) < 4.78 is 2.85. The van der Waals surface area contributed by atoms with Gasteiger partial charge in [0.2, 0.25) is 0 Å². The van der Waals surface area contributed by atoms with Gasteiger partial charge in [-0.3, -0.25) is 0 Å². The molecule has 0 atom stereocenters. The molecule has 1 rings (SSSR count). The molecule has 0 unspecified atom stereocenters. The lowest BCUT2D eigenvalue weighted by Crippen LogP contribution is -2.11. The number of nitrogens with two attached hydrogens (primary N) is 1. The zero-order chi connectivity index (χ0) is 10.8. The normalized spacial score (nSPS) is 12.0. The van der Waals surface area contributed by atoms with Crippen molar-refractivity contribution < 1.29 is 0 Å². The Morgan fingerprint density at radius 3 is 2.57 bits per heavy atom. The number of hydrogen-bond donors (Lipinski definition) is 2. The van der Waals surface area contributed by atoms with Gasteiger partial charge in [0.25, 0.3) is 0 Å². The number of aromatic amines is 1. The lowest BCUT2D eigenvalue weighted by molar-refractivity contribution is 0.569. The smallest absolute Gasteiger partial charge is 0.177 e. The highest BCUT2D eigenvalue weighted by Crippen LogP contribution is 2.20. The van der Waals surface area contributed by atoms with Crippen LogP contribution in [0.1, 0.15) is 32.9 Å². The Hall–Kier alpha value is -0.610. The minimum atomic E-state index is 0.127. The third kappa shape index (κ3) is 2.69. The van der Waals surface area contributed by atoms with Gasteiger partial charge < -0.3 is 15.3 Å². The fourth-order valence-corrected chi connectivity index (χ4v) is 1.50. The maximum absolute atomic E-state index is 5.46. The molecule has 1 aromatic heterocycles. The molecule has 0 amide bonds. The zero-order valence-electron chi connectivity index (χ0n) is 9.13. The van der Waals surface area contributed by atoms with E-state index in [9.17, 15) is 0 Å². The van der Waals surface area contributed by atoms with Crippen LogP contribution in [0.3, 0.4) is 0 Å². The summed E-state index contributed by atoms with van der Waals surface area (Å²) in [5, 5.41) is 0. The van der Waals surface area contributed by atoms with Crippen LogP contribution in [0.5, 0.6) is 0 Å². The average Bonchev–Trinajstić information content (AvgIpc) is 2.43. The van der Waals surface area contributed by atoms with Gasteiger partial charge in [0.1, 0.15) is 0 Å². The van der Waals surface area contributed by atoms with E-state index >= 15 is 0 Å². The summed E-state index contributed by atoms with van der Waals surface area (Å²) >= 11 is 5.22.